The van der Waals surface area contributed by atoms with Gasteiger partial charge in [0.15, 0.2) is 0 Å². The molecule has 0 amide bonds. The van der Waals surface area contributed by atoms with Crippen molar-refractivity contribution >= 4 is 27.5 Å². The summed E-state index contributed by atoms with van der Waals surface area (Å²) in [5, 5.41) is 0.778. The van der Waals surface area contributed by atoms with Crippen molar-refractivity contribution in [2.24, 2.45) is 5.73 Å². The Morgan fingerprint density at radius 3 is 2.52 bits per heavy atom. The fourth-order valence-corrected chi connectivity index (χ4v) is 4.10. The van der Waals surface area contributed by atoms with Crippen LogP contribution in [-0.2, 0) is 11.2 Å². The Kier molecular flexibility index (Phi) is 6.54. The smallest absolute Gasteiger partial charge is 0.0835 e. The molecule has 118 valence electrons. The van der Waals surface area contributed by atoms with Crippen molar-refractivity contribution in [2.75, 3.05) is 6.61 Å². The number of nitrogens with two attached hydrogens (primary N) is 1. The standard InChI is InChI=1S/C17H25BrClNO/c1-2-21-17(9-5-3-4-6-10-17)16(20)11-13-7-8-14(18)12-15(13)19/h7-8,12,16H,2-6,9-11,20H2,1H3. The molecule has 1 aliphatic carbocycles. The minimum Gasteiger partial charge on any atom is -0.374 e. The van der Waals surface area contributed by atoms with Crippen molar-refractivity contribution in [1.29, 1.82) is 0 Å². The first-order valence-electron chi connectivity index (χ1n) is 7.91. The lowest BCUT2D eigenvalue weighted by molar-refractivity contribution is -0.0683. The average Bonchev–Trinajstić information content (AvgIpc) is 2.69. The summed E-state index contributed by atoms with van der Waals surface area (Å²) >= 11 is 9.79. The van der Waals surface area contributed by atoms with Crippen LogP contribution < -0.4 is 5.73 Å². The van der Waals surface area contributed by atoms with Gasteiger partial charge < -0.3 is 10.5 Å². The van der Waals surface area contributed by atoms with Crippen LogP contribution in [0.2, 0.25) is 5.02 Å². The van der Waals surface area contributed by atoms with Gasteiger partial charge in [-0.05, 0) is 43.9 Å². The molecule has 0 saturated heterocycles. The molecule has 1 aliphatic rings. The van der Waals surface area contributed by atoms with E-state index in [2.05, 4.69) is 28.9 Å². The molecule has 2 N–H and O–H groups in total. The van der Waals surface area contributed by atoms with Gasteiger partial charge in [0, 0.05) is 22.1 Å². The normalized spacial score (nSPS) is 20.0. The third-order valence-corrected chi connectivity index (χ3v) is 5.36. The van der Waals surface area contributed by atoms with Crippen LogP contribution in [0.25, 0.3) is 0 Å². The number of hydrogen-bond donors (Lipinski definition) is 1. The summed E-state index contributed by atoms with van der Waals surface area (Å²) in [5.74, 6) is 0. The molecule has 4 heteroatoms. The maximum Gasteiger partial charge on any atom is 0.0835 e. The number of rotatable bonds is 5. The van der Waals surface area contributed by atoms with Crippen molar-refractivity contribution in [3.05, 3.63) is 33.3 Å². The van der Waals surface area contributed by atoms with E-state index in [4.69, 9.17) is 22.1 Å². The second-order valence-corrected chi connectivity index (χ2v) is 7.28. The van der Waals surface area contributed by atoms with Crippen molar-refractivity contribution in [3.8, 4) is 0 Å². The molecule has 2 rings (SSSR count). The summed E-state index contributed by atoms with van der Waals surface area (Å²) in [4.78, 5) is 0. The molecule has 1 saturated carbocycles. The Hall–Kier alpha value is -0.0900. The van der Waals surface area contributed by atoms with E-state index >= 15 is 0 Å². The summed E-state index contributed by atoms with van der Waals surface area (Å²) in [5.41, 5.74) is 7.51. The highest BCUT2D eigenvalue weighted by Crippen LogP contribution is 2.35. The molecule has 1 aromatic carbocycles. The Balaban J connectivity index is 2.15. The van der Waals surface area contributed by atoms with Gasteiger partial charge in [-0.15, -0.1) is 0 Å². The second-order valence-electron chi connectivity index (χ2n) is 5.96. The first kappa shape index (κ1) is 17.3. The van der Waals surface area contributed by atoms with Gasteiger partial charge in [0.2, 0.25) is 0 Å². The monoisotopic (exact) mass is 373 g/mol. The van der Waals surface area contributed by atoms with E-state index in [0.29, 0.717) is 0 Å². The molecule has 0 radical (unpaired) electrons. The van der Waals surface area contributed by atoms with Crippen molar-refractivity contribution in [3.63, 3.8) is 0 Å². The van der Waals surface area contributed by atoms with Crippen LogP contribution in [0.15, 0.2) is 22.7 Å². The molecular formula is C17H25BrClNO. The molecule has 1 unspecified atom stereocenters. The number of halogens is 2. The molecule has 1 fully saturated rings. The molecular weight excluding hydrogens is 350 g/mol. The molecule has 0 heterocycles. The van der Waals surface area contributed by atoms with Crippen LogP contribution in [0.1, 0.15) is 51.0 Å². The lowest BCUT2D eigenvalue weighted by Crippen LogP contribution is -2.51. The van der Waals surface area contributed by atoms with Gasteiger partial charge in [0.05, 0.1) is 5.60 Å². The molecule has 1 atom stereocenters. The Morgan fingerprint density at radius 1 is 1.29 bits per heavy atom. The van der Waals surface area contributed by atoms with Crippen LogP contribution in [0, 0.1) is 0 Å². The van der Waals surface area contributed by atoms with Gasteiger partial charge in [-0.3, -0.25) is 0 Å². The molecule has 0 bridgehead atoms. The Bertz CT molecular complexity index is 458. The van der Waals surface area contributed by atoms with Crippen molar-refractivity contribution in [1.82, 2.24) is 0 Å². The topological polar surface area (TPSA) is 35.2 Å². The van der Waals surface area contributed by atoms with E-state index in [1.807, 2.05) is 12.1 Å². The molecule has 0 aromatic heterocycles. The highest BCUT2D eigenvalue weighted by molar-refractivity contribution is 9.10. The quantitative estimate of drug-likeness (QED) is 0.727. The van der Waals surface area contributed by atoms with Gasteiger partial charge in [0.1, 0.15) is 0 Å². The third-order valence-electron chi connectivity index (χ3n) is 4.51. The Labute approximate surface area is 141 Å². The fraction of sp³-hybridized carbons (Fsp3) is 0.647. The van der Waals surface area contributed by atoms with Gasteiger partial charge in [0.25, 0.3) is 0 Å². The SMILES string of the molecule is CCOC1(C(N)Cc2ccc(Br)cc2Cl)CCCCCC1. The zero-order chi connectivity index (χ0) is 15.3. The van der Waals surface area contributed by atoms with Gasteiger partial charge in [-0.2, -0.15) is 0 Å². The minimum atomic E-state index is -0.179. The summed E-state index contributed by atoms with van der Waals surface area (Å²) in [6, 6.07) is 6.01. The van der Waals surface area contributed by atoms with E-state index in [0.717, 1.165) is 40.9 Å². The highest BCUT2D eigenvalue weighted by atomic mass is 79.9. The van der Waals surface area contributed by atoms with Gasteiger partial charge in [-0.25, -0.2) is 0 Å². The largest absolute Gasteiger partial charge is 0.374 e. The first-order chi connectivity index (χ1) is 10.1. The Morgan fingerprint density at radius 2 is 1.95 bits per heavy atom. The highest BCUT2D eigenvalue weighted by Gasteiger charge is 2.37. The van der Waals surface area contributed by atoms with E-state index < -0.39 is 0 Å². The minimum absolute atomic E-state index is 0.00535. The number of hydrogen-bond acceptors (Lipinski definition) is 2. The van der Waals surface area contributed by atoms with E-state index in [1.165, 1.54) is 25.7 Å². The third kappa shape index (κ3) is 4.44. The summed E-state index contributed by atoms with van der Waals surface area (Å²) in [6.07, 6.45) is 7.91. The zero-order valence-electron chi connectivity index (χ0n) is 12.7. The fourth-order valence-electron chi connectivity index (χ4n) is 3.35. The number of benzene rings is 1. The number of ether oxygens (including phenoxy) is 1. The maximum atomic E-state index is 6.58. The van der Waals surface area contributed by atoms with Crippen LogP contribution in [-0.4, -0.2) is 18.2 Å². The molecule has 0 aliphatic heterocycles. The van der Waals surface area contributed by atoms with E-state index in [9.17, 15) is 0 Å². The van der Waals surface area contributed by atoms with Crippen molar-refractivity contribution in [2.45, 2.75) is 63.5 Å². The van der Waals surface area contributed by atoms with Crippen LogP contribution >= 0.6 is 27.5 Å². The molecule has 21 heavy (non-hydrogen) atoms. The first-order valence-corrected chi connectivity index (χ1v) is 9.08. The lowest BCUT2D eigenvalue weighted by atomic mass is 9.83. The molecule has 2 nitrogen and oxygen atoms in total. The van der Waals surface area contributed by atoms with Crippen molar-refractivity contribution < 1.29 is 4.74 Å². The summed E-state index contributed by atoms with van der Waals surface area (Å²) in [6.45, 7) is 2.79. The van der Waals surface area contributed by atoms with E-state index in [-0.39, 0.29) is 11.6 Å². The summed E-state index contributed by atoms with van der Waals surface area (Å²) in [7, 11) is 0. The molecule has 1 aromatic rings. The van der Waals surface area contributed by atoms with Gasteiger partial charge in [-0.1, -0.05) is 59.3 Å². The zero-order valence-corrected chi connectivity index (χ0v) is 15.0. The second kappa shape index (κ2) is 7.96. The maximum absolute atomic E-state index is 6.58. The average molecular weight is 375 g/mol. The predicted octanol–water partition coefficient (Wildman–Crippen LogP) is 5.10. The van der Waals surface area contributed by atoms with E-state index in [1.54, 1.807) is 0 Å². The lowest BCUT2D eigenvalue weighted by Gasteiger charge is -2.38. The predicted molar refractivity (Wildman–Crippen MR) is 92.9 cm³/mol. The van der Waals surface area contributed by atoms with Crippen LogP contribution in [0.5, 0.6) is 0 Å². The van der Waals surface area contributed by atoms with Crippen LogP contribution in [0.4, 0.5) is 0 Å². The molecule has 0 spiro atoms. The summed E-state index contributed by atoms with van der Waals surface area (Å²) < 4.78 is 7.17. The van der Waals surface area contributed by atoms with Crippen LogP contribution in [0.3, 0.4) is 0 Å². The van der Waals surface area contributed by atoms with Gasteiger partial charge >= 0.3 is 0 Å².